The summed E-state index contributed by atoms with van der Waals surface area (Å²) in [5, 5.41) is 5.24. The highest BCUT2D eigenvalue weighted by atomic mass is 16.5. The Kier molecular flexibility index (Phi) is 5.26. The van der Waals surface area contributed by atoms with Gasteiger partial charge in [0.25, 0.3) is 5.91 Å². The summed E-state index contributed by atoms with van der Waals surface area (Å²) in [6.07, 6.45) is 5.48. The van der Waals surface area contributed by atoms with Crippen LogP contribution < -0.4 is 0 Å². The van der Waals surface area contributed by atoms with E-state index < -0.39 is 0 Å². The minimum absolute atomic E-state index is 0.0578. The first-order chi connectivity index (χ1) is 15.2. The van der Waals surface area contributed by atoms with Gasteiger partial charge in [-0.2, -0.15) is 5.10 Å². The molecule has 3 aromatic heterocycles. The third-order valence-electron chi connectivity index (χ3n) is 5.64. The molecule has 1 aromatic carbocycles. The highest BCUT2D eigenvalue weighted by Crippen LogP contribution is 2.26. The zero-order valence-corrected chi connectivity index (χ0v) is 17.4. The van der Waals surface area contributed by atoms with Crippen molar-refractivity contribution in [2.45, 2.75) is 25.5 Å². The Hall–Kier alpha value is -3.45. The van der Waals surface area contributed by atoms with E-state index in [4.69, 9.17) is 14.1 Å². The number of carbonyl (C=O) groups is 1. The van der Waals surface area contributed by atoms with Crippen LogP contribution in [-0.4, -0.2) is 51.9 Å². The second kappa shape index (κ2) is 8.35. The van der Waals surface area contributed by atoms with Crippen molar-refractivity contribution in [3.8, 4) is 11.3 Å². The number of fused-ring (bicyclic) bond motifs is 1. The van der Waals surface area contributed by atoms with Crippen LogP contribution in [0.3, 0.4) is 0 Å². The highest BCUT2D eigenvalue weighted by molar-refractivity contribution is 6.06. The number of likely N-dealkylation sites (N-methyl/N-ethyl adjacent to an activating group) is 1. The van der Waals surface area contributed by atoms with Gasteiger partial charge in [0, 0.05) is 25.8 Å². The molecule has 4 aromatic rings. The van der Waals surface area contributed by atoms with E-state index in [1.54, 1.807) is 22.0 Å². The molecule has 1 aliphatic rings. The smallest absolute Gasteiger partial charge is 0.254 e. The molecule has 5 rings (SSSR count). The number of ether oxygens (including phenoxy) is 1. The summed E-state index contributed by atoms with van der Waals surface area (Å²) in [5.41, 5.74) is 2.94. The lowest BCUT2D eigenvalue weighted by molar-refractivity contribution is 0.0588. The Morgan fingerprint density at radius 2 is 2.10 bits per heavy atom. The number of aromatic nitrogens is 3. The van der Waals surface area contributed by atoms with Crippen molar-refractivity contribution in [1.29, 1.82) is 0 Å². The lowest BCUT2D eigenvalue weighted by Crippen LogP contribution is -2.34. The van der Waals surface area contributed by atoms with Crippen LogP contribution in [0.25, 0.3) is 22.3 Å². The third-order valence-corrected chi connectivity index (χ3v) is 5.64. The largest absolute Gasteiger partial charge is 0.467 e. The van der Waals surface area contributed by atoms with Crippen LogP contribution in [0.5, 0.6) is 0 Å². The normalized spacial score (nSPS) is 16.1. The molecule has 1 aliphatic heterocycles. The maximum absolute atomic E-state index is 13.4. The van der Waals surface area contributed by atoms with E-state index in [2.05, 4.69) is 5.10 Å². The number of carbonyl (C=O) groups excluding carboxylic acids is 1. The highest BCUT2D eigenvalue weighted by Gasteiger charge is 2.24. The van der Waals surface area contributed by atoms with Crippen molar-refractivity contribution >= 4 is 16.9 Å². The Labute approximate surface area is 180 Å². The molecule has 7 nitrogen and oxygen atoms in total. The standard InChI is InChI=1S/C24H24N4O3/c1-27(15-18-9-5-11-30-18)24(29)20-13-22(17-7-3-2-4-8-17)26-23-21(20)14-25-28(23)16-19-10-6-12-31-19/h2-4,6-8,10,12-14,18H,5,9,11,15-16H2,1H3. The van der Waals surface area contributed by atoms with Gasteiger partial charge >= 0.3 is 0 Å². The molecule has 0 bridgehead atoms. The number of amides is 1. The van der Waals surface area contributed by atoms with E-state index >= 15 is 0 Å². The van der Waals surface area contributed by atoms with Gasteiger partial charge in [-0.1, -0.05) is 30.3 Å². The van der Waals surface area contributed by atoms with Crippen LogP contribution in [0.1, 0.15) is 29.0 Å². The Balaban J connectivity index is 1.57. The molecule has 1 atom stereocenters. The van der Waals surface area contributed by atoms with Crippen molar-refractivity contribution in [3.63, 3.8) is 0 Å². The van der Waals surface area contributed by atoms with Crippen molar-refractivity contribution < 1.29 is 13.9 Å². The van der Waals surface area contributed by atoms with Crippen LogP contribution in [0.15, 0.2) is 65.4 Å². The summed E-state index contributed by atoms with van der Waals surface area (Å²) in [4.78, 5) is 20.0. The Morgan fingerprint density at radius 1 is 1.23 bits per heavy atom. The minimum atomic E-state index is -0.0578. The lowest BCUT2D eigenvalue weighted by Gasteiger charge is -2.21. The first-order valence-corrected chi connectivity index (χ1v) is 10.5. The molecule has 158 valence electrons. The van der Waals surface area contributed by atoms with Crippen molar-refractivity contribution in [2.24, 2.45) is 0 Å². The second-order valence-electron chi connectivity index (χ2n) is 7.86. The quantitative estimate of drug-likeness (QED) is 0.475. The van der Waals surface area contributed by atoms with Gasteiger partial charge in [-0.15, -0.1) is 0 Å². The van der Waals surface area contributed by atoms with E-state index in [1.807, 2.05) is 55.6 Å². The fourth-order valence-electron chi connectivity index (χ4n) is 4.03. The van der Waals surface area contributed by atoms with Gasteiger partial charge in [0.15, 0.2) is 5.65 Å². The summed E-state index contributed by atoms with van der Waals surface area (Å²) >= 11 is 0. The van der Waals surface area contributed by atoms with Crippen LogP contribution in [0.2, 0.25) is 0 Å². The van der Waals surface area contributed by atoms with Gasteiger partial charge in [0.2, 0.25) is 0 Å². The van der Waals surface area contributed by atoms with Crippen molar-refractivity contribution in [1.82, 2.24) is 19.7 Å². The van der Waals surface area contributed by atoms with Crippen LogP contribution in [0.4, 0.5) is 0 Å². The van der Waals surface area contributed by atoms with E-state index in [0.717, 1.165) is 41.9 Å². The van der Waals surface area contributed by atoms with Gasteiger partial charge in [0.1, 0.15) is 12.3 Å². The van der Waals surface area contributed by atoms with E-state index in [-0.39, 0.29) is 12.0 Å². The molecule has 1 fully saturated rings. The number of hydrogen-bond donors (Lipinski definition) is 0. The summed E-state index contributed by atoms with van der Waals surface area (Å²) in [6, 6.07) is 15.5. The summed E-state index contributed by atoms with van der Waals surface area (Å²) in [5.74, 6) is 0.720. The molecule has 1 saturated heterocycles. The molecule has 7 heteroatoms. The average Bonchev–Trinajstić information content (AvgIpc) is 3.57. The van der Waals surface area contributed by atoms with Gasteiger partial charge in [-0.3, -0.25) is 4.79 Å². The second-order valence-corrected chi connectivity index (χ2v) is 7.86. The van der Waals surface area contributed by atoms with Gasteiger partial charge in [-0.05, 0) is 31.0 Å². The van der Waals surface area contributed by atoms with E-state index in [9.17, 15) is 4.79 Å². The molecule has 0 aliphatic carbocycles. The molecule has 31 heavy (non-hydrogen) atoms. The molecular formula is C24H24N4O3. The topological polar surface area (TPSA) is 73.4 Å². The van der Waals surface area contributed by atoms with Crippen molar-refractivity contribution in [3.05, 3.63) is 72.3 Å². The first-order valence-electron chi connectivity index (χ1n) is 10.5. The number of rotatable bonds is 6. The van der Waals surface area contributed by atoms with Gasteiger partial charge in [-0.25, -0.2) is 9.67 Å². The molecular weight excluding hydrogens is 392 g/mol. The zero-order valence-electron chi connectivity index (χ0n) is 17.4. The zero-order chi connectivity index (χ0) is 21.2. The van der Waals surface area contributed by atoms with Crippen LogP contribution >= 0.6 is 0 Å². The SMILES string of the molecule is CN(CC1CCCO1)C(=O)c1cc(-c2ccccc2)nc2c1cnn2Cc1ccco1. The molecule has 1 unspecified atom stereocenters. The Bertz CT molecular complexity index is 1180. The average molecular weight is 416 g/mol. The lowest BCUT2D eigenvalue weighted by atomic mass is 10.1. The summed E-state index contributed by atoms with van der Waals surface area (Å²) in [6.45, 7) is 1.79. The maximum Gasteiger partial charge on any atom is 0.254 e. The monoisotopic (exact) mass is 416 g/mol. The van der Waals surface area contributed by atoms with E-state index in [0.29, 0.717) is 24.3 Å². The van der Waals surface area contributed by atoms with Crippen molar-refractivity contribution in [2.75, 3.05) is 20.2 Å². The number of benzene rings is 1. The predicted molar refractivity (Wildman–Crippen MR) is 117 cm³/mol. The fraction of sp³-hybridized carbons (Fsp3) is 0.292. The molecule has 0 N–H and O–H groups in total. The minimum Gasteiger partial charge on any atom is -0.467 e. The molecule has 0 saturated carbocycles. The number of furan rings is 1. The fourth-order valence-corrected chi connectivity index (χ4v) is 4.03. The number of hydrogen-bond acceptors (Lipinski definition) is 5. The van der Waals surface area contributed by atoms with Crippen LogP contribution in [-0.2, 0) is 11.3 Å². The summed E-state index contributed by atoms with van der Waals surface area (Å²) in [7, 11) is 1.83. The maximum atomic E-state index is 13.4. The van der Waals surface area contributed by atoms with Gasteiger partial charge < -0.3 is 14.1 Å². The first kappa shape index (κ1) is 19.5. The van der Waals surface area contributed by atoms with Crippen LogP contribution in [0, 0.1) is 0 Å². The molecule has 1 amide bonds. The summed E-state index contributed by atoms with van der Waals surface area (Å²) < 4.78 is 13.0. The Morgan fingerprint density at radius 3 is 2.84 bits per heavy atom. The third kappa shape index (κ3) is 3.96. The number of pyridine rings is 1. The van der Waals surface area contributed by atoms with E-state index in [1.165, 1.54) is 0 Å². The van der Waals surface area contributed by atoms with Gasteiger partial charge in [0.05, 0.1) is 35.2 Å². The molecule has 0 radical (unpaired) electrons. The molecule has 0 spiro atoms. The molecule has 4 heterocycles. The predicted octanol–water partition coefficient (Wildman–Crippen LogP) is 3.99. The number of nitrogens with zero attached hydrogens (tertiary/aromatic N) is 4.